The molecule has 0 amide bonds. The zero-order valence-electron chi connectivity index (χ0n) is 7.65. The summed E-state index contributed by atoms with van der Waals surface area (Å²) in [5.41, 5.74) is 2.57. The van der Waals surface area contributed by atoms with E-state index in [0.29, 0.717) is 0 Å². The molecule has 0 fully saturated rings. The first-order valence-corrected chi connectivity index (χ1v) is 5.10. The summed E-state index contributed by atoms with van der Waals surface area (Å²) >= 11 is 2.34. The minimum atomic E-state index is 0.999. The van der Waals surface area contributed by atoms with Crippen LogP contribution in [-0.2, 0) is 6.42 Å². The molecule has 1 nitrogen and oxygen atoms in total. The molecule has 0 aliphatic rings. The van der Waals surface area contributed by atoms with Gasteiger partial charge >= 0.3 is 0 Å². The second kappa shape index (κ2) is 4.12. The standard InChI is InChI=1S/C10H13IO/c1-4-8-5-9(11)7(2)10(6-8)12-3/h5-6H,4H2,1-3H3. The van der Waals surface area contributed by atoms with Gasteiger partial charge in [-0.25, -0.2) is 0 Å². The van der Waals surface area contributed by atoms with Crippen molar-refractivity contribution in [3.63, 3.8) is 0 Å². The van der Waals surface area contributed by atoms with Gasteiger partial charge in [0, 0.05) is 9.13 Å². The molecule has 0 aromatic heterocycles. The van der Waals surface area contributed by atoms with Crippen LogP contribution in [0.5, 0.6) is 5.75 Å². The Morgan fingerprint density at radius 3 is 2.58 bits per heavy atom. The Morgan fingerprint density at radius 2 is 2.08 bits per heavy atom. The fourth-order valence-electron chi connectivity index (χ4n) is 1.12. The van der Waals surface area contributed by atoms with Crippen molar-refractivity contribution >= 4 is 22.6 Å². The fourth-order valence-corrected chi connectivity index (χ4v) is 1.79. The maximum Gasteiger partial charge on any atom is 0.123 e. The first-order chi connectivity index (χ1) is 5.69. The molecular formula is C10H13IO. The highest BCUT2D eigenvalue weighted by molar-refractivity contribution is 14.1. The van der Waals surface area contributed by atoms with Gasteiger partial charge in [-0.15, -0.1) is 0 Å². The zero-order valence-corrected chi connectivity index (χ0v) is 9.81. The molecule has 0 atom stereocenters. The molecule has 0 saturated heterocycles. The molecule has 0 aliphatic carbocycles. The third-order valence-electron chi connectivity index (χ3n) is 1.98. The maximum atomic E-state index is 5.26. The molecule has 0 saturated carbocycles. The van der Waals surface area contributed by atoms with Gasteiger partial charge in [0.15, 0.2) is 0 Å². The van der Waals surface area contributed by atoms with Crippen molar-refractivity contribution < 1.29 is 4.74 Å². The van der Waals surface area contributed by atoms with Gasteiger partial charge in [0.2, 0.25) is 0 Å². The normalized spacial score (nSPS) is 10.0. The topological polar surface area (TPSA) is 9.23 Å². The summed E-state index contributed by atoms with van der Waals surface area (Å²) in [5.74, 6) is 0.999. The Bertz CT molecular complexity index is 281. The molecule has 2 heteroatoms. The molecule has 0 radical (unpaired) electrons. The predicted octanol–water partition coefficient (Wildman–Crippen LogP) is 3.17. The maximum absolute atomic E-state index is 5.26. The van der Waals surface area contributed by atoms with Gasteiger partial charge in [-0.1, -0.05) is 6.92 Å². The number of ether oxygens (including phenoxy) is 1. The van der Waals surface area contributed by atoms with Gasteiger partial charge in [0.25, 0.3) is 0 Å². The van der Waals surface area contributed by atoms with Gasteiger partial charge in [0.1, 0.15) is 5.75 Å². The van der Waals surface area contributed by atoms with Crippen molar-refractivity contribution in [1.82, 2.24) is 0 Å². The Morgan fingerprint density at radius 1 is 1.42 bits per heavy atom. The summed E-state index contributed by atoms with van der Waals surface area (Å²) in [6.07, 6.45) is 1.06. The number of rotatable bonds is 2. The Kier molecular flexibility index (Phi) is 3.38. The summed E-state index contributed by atoms with van der Waals surface area (Å²) in [6.45, 7) is 4.24. The lowest BCUT2D eigenvalue weighted by atomic mass is 10.1. The van der Waals surface area contributed by atoms with Crippen molar-refractivity contribution in [1.29, 1.82) is 0 Å². The van der Waals surface area contributed by atoms with E-state index in [0.717, 1.165) is 12.2 Å². The van der Waals surface area contributed by atoms with Crippen LogP contribution in [0.2, 0.25) is 0 Å². The van der Waals surface area contributed by atoms with Gasteiger partial charge in [-0.05, 0) is 53.6 Å². The van der Waals surface area contributed by atoms with Crippen LogP contribution in [0.1, 0.15) is 18.1 Å². The smallest absolute Gasteiger partial charge is 0.123 e. The van der Waals surface area contributed by atoms with E-state index >= 15 is 0 Å². The molecular weight excluding hydrogens is 263 g/mol. The summed E-state index contributed by atoms with van der Waals surface area (Å²) in [5, 5.41) is 0. The summed E-state index contributed by atoms with van der Waals surface area (Å²) in [7, 11) is 1.72. The van der Waals surface area contributed by atoms with Crippen LogP contribution in [0.4, 0.5) is 0 Å². The average molecular weight is 276 g/mol. The first-order valence-electron chi connectivity index (χ1n) is 4.02. The van der Waals surface area contributed by atoms with E-state index in [1.807, 2.05) is 0 Å². The van der Waals surface area contributed by atoms with Crippen LogP contribution in [0, 0.1) is 10.5 Å². The highest BCUT2D eigenvalue weighted by Gasteiger charge is 2.03. The number of methoxy groups -OCH3 is 1. The molecule has 0 N–H and O–H groups in total. The van der Waals surface area contributed by atoms with Crippen molar-refractivity contribution in [2.24, 2.45) is 0 Å². The Hall–Kier alpha value is -0.250. The lowest BCUT2D eigenvalue weighted by Gasteiger charge is -2.08. The Labute approximate surface area is 87.3 Å². The second-order valence-electron chi connectivity index (χ2n) is 2.76. The fraction of sp³-hybridized carbons (Fsp3) is 0.400. The van der Waals surface area contributed by atoms with Crippen molar-refractivity contribution in [3.8, 4) is 5.75 Å². The number of benzene rings is 1. The summed E-state index contributed by atoms with van der Waals surface area (Å²) < 4.78 is 6.54. The van der Waals surface area contributed by atoms with Crippen LogP contribution in [0.25, 0.3) is 0 Å². The van der Waals surface area contributed by atoms with Crippen LogP contribution in [-0.4, -0.2) is 7.11 Å². The van der Waals surface area contributed by atoms with Crippen LogP contribution in [0.15, 0.2) is 12.1 Å². The molecule has 1 rings (SSSR count). The first kappa shape index (κ1) is 9.84. The number of halogens is 1. The second-order valence-corrected chi connectivity index (χ2v) is 3.92. The van der Waals surface area contributed by atoms with Crippen LogP contribution in [0.3, 0.4) is 0 Å². The largest absolute Gasteiger partial charge is 0.496 e. The molecule has 0 unspecified atom stereocenters. The number of aryl methyl sites for hydroxylation is 1. The lowest BCUT2D eigenvalue weighted by molar-refractivity contribution is 0.411. The van der Waals surface area contributed by atoms with E-state index < -0.39 is 0 Å². The summed E-state index contributed by atoms with van der Waals surface area (Å²) in [6, 6.07) is 4.32. The molecule has 0 bridgehead atoms. The van der Waals surface area contributed by atoms with Gasteiger partial charge < -0.3 is 4.74 Å². The van der Waals surface area contributed by atoms with E-state index in [9.17, 15) is 0 Å². The van der Waals surface area contributed by atoms with E-state index in [1.165, 1.54) is 14.7 Å². The van der Waals surface area contributed by atoms with E-state index in [4.69, 9.17) is 4.74 Å². The molecule has 1 aromatic carbocycles. The molecule has 66 valence electrons. The molecule has 0 heterocycles. The monoisotopic (exact) mass is 276 g/mol. The minimum absolute atomic E-state index is 0.999. The third kappa shape index (κ3) is 1.91. The van der Waals surface area contributed by atoms with E-state index in [2.05, 4.69) is 48.6 Å². The van der Waals surface area contributed by atoms with Gasteiger partial charge in [0.05, 0.1) is 7.11 Å². The van der Waals surface area contributed by atoms with Gasteiger partial charge in [-0.2, -0.15) is 0 Å². The lowest BCUT2D eigenvalue weighted by Crippen LogP contribution is -1.92. The van der Waals surface area contributed by atoms with Crippen molar-refractivity contribution in [2.75, 3.05) is 7.11 Å². The molecule has 12 heavy (non-hydrogen) atoms. The molecule has 1 aromatic rings. The quantitative estimate of drug-likeness (QED) is 0.754. The van der Waals surface area contributed by atoms with Crippen LogP contribution >= 0.6 is 22.6 Å². The molecule has 0 spiro atoms. The zero-order chi connectivity index (χ0) is 9.14. The highest BCUT2D eigenvalue weighted by atomic mass is 127. The average Bonchev–Trinajstić information content (AvgIpc) is 2.09. The summed E-state index contributed by atoms with van der Waals surface area (Å²) in [4.78, 5) is 0. The van der Waals surface area contributed by atoms with E-state index in [-0.39, 0.29) is 0 Å². The third-order valence-corrected chi connectivity index (χ3v) is 3.11. The van der Waals surface area contributed by atoms with Gasteiger partial charge in [-0.3, -0.25) is 0 Å². The van der Waals surface area contributed by atoms with Crippen LogP contribution < -0.4 is 4.74 Å². The Balaban J connectivity index is 3.19. The molecule has 0 aliphatic heterocycles. The predicted molar refractivity (Wildman–Crippen MR) is 59.8 cm³/mol. The van der Waals surface area contributed by atoms with Crippen molar-refractivity contribution in [2.45, 2.75) is 20.3 Å². The number of hydrogen-bond acceptors (Lipinski definition) is 1. The number of hydrogen-bond donors (Lipinski definition) is 0. The highest BCUT2D eigenvalue weighted by Crippen LogP contribution is 2.25. The van der Waals surface area contributed by atoms with Crippen molar-refractivity contribution in [3.05, 3.63) is 26.8 Å². The SMILES string of the molecule is CCc1cc(I)c(C)c(OC)c1. The van der Waals surface area contributed by atoms with E-state index in [1.54, 1.807) is 7.11 Å². The minimum Gasteiger partial charge on any atom is -0.496 e.